The van der Waals surface area contributed by atoms with E-state index in [-0.39, 0.29) is 18.2 Å². The SMILES string of the molecule is Cc1cc(Oc2c(C)cc(CC(C)NC(=O)C(CC(N)=O)NC=O)cc2C)ccc1O. The summed E-state index contributed by atoms with van der Waals surface area (Å²) in [7, 11) is 0. The smallest absolute Gasteiger partial charge is 0.243 e. The molecule has 0 heterocycles. The number of ether oxygens (including phenoxy) is 1. The zero-order valence-electron chi connectivity index (χ0n) is 18.2. The van der Waals surface area contributed by atoms with Crippen LogP contribution in [0.4, 0.5) is 0 Å². The van der Waals surface area contributed by atoms with E-state index in [1.54, 1.807) is 25.1 Å². The van der Waals surface area contributed by atoms with Gasteiger partial charge in [-0.3, -0.25) is 14.4 Å². The molecule has 0 aliphatic rings. The predicted molar refractivity (Wildman–Crippen MR) is 117 cm³/mol. The minimum atomic E-state index is -0.995. The van der Waals surface area contributed by atoms with Crippen molar-refractivity contribution in [2.75, 3.05) is 0 Å². The number of benzene rings is 2. The number of carbonyl (C=O) groups excluding carboxylic acids is 3. The van der Waals surface area contributed by atoms with E-state index in [1.807, 2.05) is 32.9 Å². The maximum absolute atomic E-state index is 12.3. The fourth-order valence-corrected chi connectivity index (χ4v) is 3.39. The second kappa shape index (κ2) is 10.5. The fourth-order valence-electron chi connectivity index (χ4n) is 3.39. The highest BCUT2D eigenvalue weighted by atomic mass is 16.5. The van der Waals surface area contributed by atoms with E-state index >= 15 is 0 Å². The van der Waals surface area contributed by atoms with Gasteiger partial charge in [0.15, 0.2) is 0 Å². The molecule has 2 atom stereocenters. The minimum absolute atomic E-state index is 0.216. The van der Waals surface area contributed by atoms with Crippen molar-refractivity contribution in [3.63, 3.8) is 0 Å². The summed E-state index contributed by atoms with van der Waals surface area (Å²) in [6.45, 7) is 7.53. The Hall–Kier alpha value is -3.55. The van der Waals surface area contributed by atoms with Crippen LogP contribution >= 0.6 is 0 Å². The quantitative estimate of drug-likeness (QED) is 0.432. The molecule has 0 aromatic heterocycles. The summed E-state index contributed by atoms with van der Waals surface area (Å²) < 4.78 is 6.03. The van der Waals surface area contributed by atoms with E-state index in [1.165, 1.54) is 0 Å². The van der Waals surface area contributed by atoms with Crippen LogP contribution in [0, 0.1) is 20.8 Å². The molecule has 3 amide bonds. The molecule has 5 N–H and O–H groups in total. The van der Waals surface area contributed by atoms with Crippen LogP contribution in [0.5, 0.6) is 17.2 Å². The maximum atomic E-state index is 12.3. The van der Waals surface area contributed by atoms with Gasteiger partial charge in [0.1, 0.15) is 23.3 Å². The Kier molecular flexibility index (Phi) is 8.01. The lowest BCUT2D eigenvalue weighted by atomic mass is 10.0. The van der Waals surface area contributed by atoms with Gasteiger partial charge in [0, 0.05) is 6.04 Å². The summed E-state index contributed by atoms with van der Waals surface area (Å²) in [4.78, 5) is 34.1. The number of hydrogen-bond donors (Lipinski definition) is 4. The van der Waals surface area contributed by atoms with Crippen LogP contribution in [0.25, 0.3) is 0 Å². The van der Waals surface area contributed by atoms with Gasteiger partial charge in [0.05, 0.1) is 6.42 Å². The molecule has 0 spiro atoms. The Morgan fingerprint density at radius 3 is 2.32 bits per heavy atom. The van der Waals surface area contributed by atoms with E-state index in [0.29, 0.717) is 18.6 Å². The minimum Gasteiger partial charge on any atom is -0.508 e. The summed E-state index contributed by atoms with van der Waals surface area (Å²) >= 11 is 0. The Labute approximate surface area is 181 Å². The summed E-state index contributed by atoms with van der Waals surface area (Å²) in [5, 5.41) is 14.8. The number of nitrogens with one attached hydrogen (secondary N) is 2. The zero-order valence-corrected chi connectivity index (χ0v) is 18.2. The van der Waals surface area contributed by atoms with Crippen molar-refractivity contribution in [1.82, 2.24) is 10.6 Å². The molecule has 31 heavy (non-hydrogen) atoms. The number of primary amides is 1. The second-order valence-electron chi connectivity index (χ2n) is 7.73. The highest BCUT2D eigenvalue weighted by Gasteiger charge is 2.21. The van der Waals surface area contributed by atoms with Crippen molar-refractivity contribution < 1.29 is 24.2 Å². The van der Waals surface area contributed by atoms with Gasteiger partial charge in [-0.05, 0) is 74.6 Å². The third kappa shape index (κ3) is 6.74. The molecule has 0 bridgehead atoms. The average molecular weight is 428 g/mol. The van der Waals surface area contributed by atoms with Gasteiger partial charge < -0.3 is 26.2 Å². The van der Waals surface area contributed by atoms with Crippen LogP contribution in [-0.4, -0.2) is 35.4 Å². The molecule has 0 radical (unpaired) electrons. The summed E-state index contributed by atoms with van der Waals surface area (Å²) in [6.07, 6.45) is 0.660. The molecule has 2 aromatic rings. The third-order valence-electron chi connectivity index (χ3n) is 4.83. The van der Waals surface area contributed by atoms with Crippen molar-refractivity contribution in [3.8, 4) is 17.2 Å². The van der Waals surface area contributed by atoms with E-state index in [2.05, 4.69) is 10.6 Å². The maximum Gasteiger partial charge on any atom is 0.243 e. The second-order valence-corrected chi connectivity index (χ2v) is 7.73. The van der Waals surface area contributed by atoms with Crippen LogP contribution in [0.2, 0.25) is 0 Å². The van der Waals surface area contributed by atoms with Crippen LogP contribution in [0.1, 0.15) is 35.6 Å². The van der Waals surface area contributed by atoms with Gasteiger partial charge in [-0.25, -0.2) is 0 Å². The molecule has 8 heteroatoms. The first-order valence-corrected chi connectivity index (χ1v) is 9.96. The highest BCUT2D eigenvalue weighted by molar-refractivity contribution is 5.89. The Morgan fingerprint density at radius 2 is 1.77 bits per heavy atom. The van der Waals surface area contributed by atoms with Crippen LogP contribution in [-0.2, 0) is 20.8 Å². The standard InChI is InChI=1S/C23H29N3O5/c1-13-9-18(5-6-20(13)28)31-22-14(2)7-17(8-15(22)3)10-16(4)26-23(30)19(25-12-27)11-21(24)29/h5-9,12,16,19,28H,10-11H2,1-4H3,(H2,24,29)(H,25,27)(H,26,30). The lowest BCUT2D eigenvalue weighted by molar-refractivity contribution is -0.129. The zero-order chi connectivity index (χ0) is 23.1. The van der Waals surface area contributed by atoms with Crippen LogP contribution < -0.4 is 21.1 Å². The van der Waals surface area contributed by atoms with E-state index in [4.69, 9.17) is 10.5 Å². The highest BCUT2D eigenvalue weighted by Crippen LogP contribution is 2.32. The lowest BCUT2D eigenvalue weighted by Crippen LogP contribution is -2.48. The van der Waals surface area contributed by atoms with Gasteiger partial charge in [0.2, 0.25) is 18.2 Å². The van der Waals surface area contributed by atoms with Crippen molar-refractivity contribution in [2.45, 2.75) is 52.6 Å². The molecule has 0 saturated carbocycles. The number of phenols is 1. The van der Waals surface area contributed by atoms with E-state index in [9.17, 15) is 19.5 Å². The molecular formula is C23H29N3O5. The number of aryl methyl sites for hydroxylation is 3. The Bertz CT molecular complexity index is 951. The molecule has 0 aliphatic heterocycles. The Morgan fingerprint density at radius 1 is 1.13 bits per heavy atom. The van der Waals surface area contributed by atoms with Crippen molar-refractivity contribution >= 4 is 18.2 Å². The molecule has 2 aromatic carbocycles. The molecule has 2 unspecified atom stereocenters. The van der Waals surface area contributed by atoms with Crippen molar-refractivity contribution in [2.24, 2.45) is 5.73 Å². The lowest BCUT2D eigenvalue weighted by Gasteiger charge is -2.20. The normalized spacial score (nSPS) is 12.5. The molecule has 0 saturated heterocycles. The van der Waals surface area contributed by atoms with Gasteiger partial charge in [-0.15, -0.1) is 0 Å². The first-order chi connectivity index (χ1) is 14.6. The van der Waals surface area contributed by atoms with Crippen molar-refractivity contribution in [3.05, 3.63) is 52.6 Å². The first kappa shape index (κ1) is 23.7. The summed E-state index contributed by atoms with van der Waals surface area (Å²) in [5.41, 5.74) is 8.75. The molecule has 0 fully saturated rings. The number of nitrogens with two attached hydrogens (primary N) is 1. The summed E-state index contributed by atoms with van der Waals surface area (Å²) in [5.74, 6) is 0.455. The summed E-state index contributed by atoms with van der Waals surface area (Å²) in [6, 6.07) is 7.83. The number of phenolic OH excluding ortho intramolecular Hbond substituents is 1. The topological polar surface area (TPSA) is 131 Å². The van der Waals surface area contributed by atoms with E-state index < -0.39 is 17.9 Å². The molecule has 0 aliphatic carbocycles. The molecule has 2 rings (SSSR count). The molecule has 166 valence electrons. The monoisotopic (exact) mass is 427 g/mol. The van der Waals surface area contributed by atoms with Gasteiger partial charge >= 0.3 is 0 Å². The number of hydrogen-bond acceptors (Lipinski definition) is 5. The fraction of sp³-hybridized carbons (Fsp3) is 0.348. The van der Waals surface area contributed by atoms with Gasteiger partial charge in [-0.2, -0.15) is 0 Å². The number of carbonyl (C=O) groups is 3. The molecule has 8 nitrogen and oxygen atoms in total. The van der Waals surface area contributed by atoms with Crippen LogP contribution in [0.3, 0.4) is 0 Å². The number of amides is 3. The van der Waals surface area contributed by atoms with Crippen molar-refractivity contribution in [1.29, 1.82) is 0 Å². The number of aromatic hydroxyl groups is 1. The van der Waals surface area contributed by atoms with E-state index in [0.717, 1.165) is 28.0 Å². The third-order valence-corrected chi connectivity index (χ3v) is 4.83. The Balaban J connectivity index is 2.08. The number of rotatable bonds is 10. The molecular weight excluding hydrogens is 398 g/mol. The van der Waals surface area contributed by atoms with Crippen LogP contribution in [0.15, 0.2) is 30.3 Å². The average Bonchev–Trinajstić information content (AvgIpc) is 2.66. The van der Waals surface area contributed by atoms with Gasteiger partial charge in [-0.1, -0.05) is 12.1 Å². The largest absolute Gasteiger partial charge is 0.508 e. The predicted octanol–water partition coefficient (Wildman–Crippen LogP) is 2.15. The van der Waals surface area contributed by atoms with Gasteiger partial charge in [0.25, 0.3) is 0 Å². The first-order valence-electron chi connectivity index (χ1n) is 9.96.